The highest BCUT2D eigenvalue weighted by atomic mass is 35.5. The quantitative estimate of drug-likeness (QED) is 0.317. The maximum Gasteiger partial charge on any atom is 0.166 e. The van der Waals surface area contributed by atoms with Crippen LogP contribution >= 0.6 is 30.3 Å². The number of aromatic nitrogens is 1. The zero-order valence-electron chi connectivity index (χ0n) is 17.7. The van der Waals surface area contributed by atoms with E-state index in [1.165, 1.54) is 50.9 Å². The Labute approximate surface area is 194 Å². The zero-order chi connectivity index (χ0) is 23.8. The van der Waals surface area contributed by atoms with Crippen LogP contribution in [0.4, 0.5) is 14.6 Å². The van der Waals surface area contributed by atoms with Gasteiger partial charge in [0.05, 0.1) is 17.4 Å². The van der Waals surface area contributed by atoms with Crippen molar-refractivity contribution in [2.24, 2.45) is 0 Å². The Kier molecular flexibility index (Phi) is 7.03. The molecule has 0 aliphatic heterocycles. The molecule has 2 N–H and O–H groups in total. The second-order valence-corrected chi connectivity index (χ2v) is 11.4. The van der Waals surface area contributed by atoms with Gasteiger partial charge in [0.15, 0.2) is 11.6 Å². The molecule has 1 atom stereocenters. The van der Waals surface area contributed by atoms with E-state index in [-0.39, 0.29) is 32.7 Å². The molecule has 0 amide bonds. The molecule has 0 fully saturated rings. The molecule has 0 aliphatic carbocycles. The number of nitrogen functional groups attached to an aromatic ring is 1. The largest absolute Gasteiger partial charge is 0.496 e. The summed E-state index contributed by atoms with van der Waals surface area (Å²) in [6.07, 6.45) is 0.599. The number of hydrogen-bond acceptors (Lipinski definition) is 5. The molecule has 5 nitrogen and oxygen atoms in total. The number of nitrogens with two attached hydrogens (primary N) is 1. The Bertz CT molecular complexity index is 1230. The second-order valence-electron chi connectivity index (χ2n) is 7.48. The molecule has 0 saturated heterocycles. The molecule has 32 heavy (non-hydrogen) atoms. The Balaban J connectivity index is 2.04. The van der Waals surface area contributed by atoms with E-state index in [9.17, 15) is 13.3 Å². The highest BCUT2D eigenvalue weighted by molar-refractivity contribution is 7.70. The van der Waals surface area contributed by atoms with Crippen LogP contribution in [0.25, 0.3) is 11.1 Å². The summed E-state index contributed by atoms with van der Waals surface area (Å²) in [4.78, 5) is 4.08. The van der Waals surface area contributed by atoms with Crippen molar-refractivity contribution in [3.8, 4) is 22.6 Å². The molecule has 0 aliphatic rings. The number of hydrogen-bond donors (Lipinski definition) is 1. The molecule has 1 heterocycles. The summed E-state index contributed by atoms with van der Waals surface area (Å²) >= 11 is 12.2. The lowest BCUT2D eigenvalue weighted by molar-refractivity contribution is 0.227. The third kappa shape index (κ3) is 4.85. The first kappa shape index (κ1) is 24.3. The van der Waals surface area contributed by atoms with Gasteiger partial charge in [-0.25, -0.2) is 13.8 Å². The predicted octanol–water partition coefficient (Wildman–Crippen LogP) is 6.31. The number of benzene rings is 2. The van der Waals surface area contributed by atoms with Gasteiger partial charge in [-0.05, 0) is 50.6 Å². The fourth-order valence-electron chi connectivity index (χ4n) is 3.21. The molecular weight excluding hydrogens is 480 g/mol. The van der Waals surface area contributed by atoms with Gasteiger partial charge in [0.1, 0.15) is 30.6 Å². The van der Waals surface area contributed by atoms with Gasteiger partial charge in [-0.1, -0.05) is 23.2 Å². The van der Waals surface area contributed by atoms with Crippen molar-refractivity contribution >= 4 is 41.5 Å². The van der Waals surface area contributed by atoms with Gasteiger partial charge in [-0.15, -0.1) is 0 Å². The number of pyridine rings is 1. The van der Waals surface area contributed by atoms with E-state index in [2.05, 4.69) is 4.98 Å². The van der Waals surface area contributed by atoms with Crippen LogP contribution in [0, 0.1) is 11.6 Å². The van der Waals surface area contributed by atoms with E-state index < -0.39 is 24.9 Å². The van der Waals surface area contributed by atoms with E-state index in [0.717, 1.165) is 6.07 Å². The van der Waals surface area contributed by atoms with Crippen LogP contribution in [0.2, 0.25) is 10.0 Å². The van der Waals surface area contributed by atoms with Gasteiger partial charge >= 0.3 is 0 Å². The first-order valence-corrected chi connectivity index (χ1v) is 12.8. The summed E-state index contributed by atoms with van der Waals surface area (Å²) in [5, 5.41) is 0.356. The summed E-state index contributed by atoms with van der Waals surface area (Å²) in [6, 6.07) is 6.67. The average molecular weight is 501 g/mol. The number of methoxy groups -OCH3 is 1. The maximum atomic E-state index is 14.9. The molecular formula is C22H21Cl2F2N2O3P. The van der Waals surface area contributed by atoms with Crippen LogP contribution in [0.1, 0.15) is 18.6 Å². The van der Waals surface area contributed by atoms with Crippen molar-refractivity contribution in [3.63, 3.8) is 0 Å². The van der Waals surface area contributed by atoms with Gasteiger partial charge in [0.2, 0.25) is 0 Å². The molecule has 170 valence electrons. The van der Waals surface area contributed by atoms with Crippen LogP contribution in [0.15, 0.2) is 36.5 Å². The first-order valence-electron chi connectivity index (χ1n) is 9.43. The Morgan fingerprint density at radius 1 is 1.09 bits per heavy atom. The second kappa shape index (κ2) is 9.26. The van der Waals surface area contributed by atoms with Gasteiger partial charge in [0, 0.05) is 27.9 Å². The number of ether oxygens (including phenoxy) is 2. The maximum absolute atomic E-state index is 14.9. The minimum absolute atomic E-state index is 0.0415. The van der Waals surface area contributed by atoms with Crippen LogP contribution < -0.4 is 20.5 Å². The highest BCUT2D eigenvalue weighted by Crippen LogP contribution is 2.42. The van der Waals surface area contributed by atoms with E-state index in [1.807, 2.05) is 0 Å². The monoisotopic (exact) mass is 500 g/mol. The lowest BCUT2D eigenvalue weighted by atomic mass is 10.1. The summed E-state index contributed by atoms with van der Waals surface area (Å²) in [6.45, 7) is 4.69. The molecule has 0 radical (unpaired) electrons. The van der Waals surface area contributed by atoms with Gasteiger partial charge in [-0.3, -0.25) is 0 Å². The van der Waals surface area contributed by atoms with Crippen molar-refractivity contribution < 1.29 is 22.8 Å². The van der Waals surface area contributed by atoms with Crippen LogP contribution in [-0.4, -0.2) is 25.4 Å². The summed E-state index contributed by atoms with van der Waals surface area (Å²) in [5.41, 5.74) is 6.70. The fraction of sp³-hybridized carbons (Fsp3) is 0.227. The topological polar surface area (TPSA) is 74.4 Å². The molecule has 1 unspecified atom stereocenters. The van der Waals surface area contributed by atoms with Crippen molar-refractivity contribution in [2.45, 2.75) is 13.0 Å². The molecule has 2 aromatic carbocycles. The number of halogens is 4. The summed E-state index contributed by atoms with van der Waals surface area (Å²) in [7, 11) is -1.36. The van der Waals surface area contributed by atoms with Crippen molar-refractivity contribution in [2.75, 3.05) is 26.2 Å². The molecule has 0 spiro atoms. The SMILES string of the molecule is COc1cc(-c2cnc(N)c(OC(C)c3c(Cl)ccc(F)c3Cl)c2)c(F)cc1P(C)(C)=O. The molecule has 0 bridgehead atoms. The summed E-state index contributed by atoms with van der Waals surface area (Å²) in [5.74, 6) is -0.780. The Morgan fingerprint density at radius 3 is 2.41 bits per heavy atom. The molecule has 3 rings (SSSR count). The van der Waals surface area contributed by atoms with E-state index in [4.69, 9.17) is 38.4 Å². The van der Waals surface area contributed by atoms with Gasteiger partial charge < -0.3 is 19.8 Å². The zero-order valence-corrected chi connectivity index (χ0v) is 20.2. The lowest BCUT2D eigenvalue weighted by Gasteiger charge is -2.20. The normalized spacial score (nSPS) is 12.5. The van der Waals surface area contributed by atoms with E-state index in [1.54, 1.807) is 6.92 Å². The lowest BCUT2D eigenvalue weighted by Crippen LogP contribution is -2.10. The molecule has 0 saturated carbocycles. The summed E-state index contributed by atoms with van der Waals surface area (Å²) < 4.78 is 52.5. The van der Waals surface area contributed by atoms with Crippen molar-refractivity contribution in [3.05, 3.63) is 63.8 Å². The molecule has 10 heteroatoms. The standard InChI is InChI=1S/C22H21Cl2F2N2O3P/c1-11(20-14(23)5-6-15(25)21(20)24)31-18-7-12(10-28-22(18)27)13-8-17(30-2)19(9-16(13)26)32(3,4)29/h5-11H,1-4H3,(H2,27,28). The van der Waals surface area contributed by atoms with E-state index >= 15 is 0 Å². The minimum Gasteiger partial charge on any atom is -0.496 e. The van der Waals surface area contributed by atoms with E-state index in [0.29, 0.717) is 16.6 Å². The van der Waals surface area contributed by atoms with Crippen molar-refractivity contribution in [1.82, 2.24) is 4.98 Å². The third-order valence-electron chi connectivity index (χ3n) is 4.83. The van der Waals surface area contributed by atoms with Crippen LogP contribution in [0.3, 0.4) is 0 Å². The number of anilines is 1. The third-order valence-corrected chi connectivity index (χ3v) is 7.05. The minimum atomic E-state index is -2.78. The smallest absolute Gasteiger partial charge is 0.166 e. The average Bonchev–Trinajstić information content (AvgIpc) is 2.72. The Hall–Kier alpha value is -2.34. The first-order chi connectivity index (χ1) is 14.9. The molecule has 1 aromatic heterocycles. The fourth-order valence-corrected chi connectivity index (χ4v) is 5.00. The predicted molar refractivity (Wildman–Crippen MR) is 125 cm³/mol. The van der Waals surface area contributed by atoms with Crippen LogP contribution in [0.5, 0.6) is 11.5 Å². The highest BCUT2D eigenvalue weighted by Gasteiger charge is 2.23. The molecule has 3 aromatic rings. The number of rotatable bonds is 6. The Morgan fingerprint density at radius 2 is 1.78 bits per heavy atom. The van der Waals surface area contributed by atoms with Gasteiger partial charge in [0.25, 0.3) is 0 Å². The van der Waals surface area contributed by atoms with Crippen LogP contribution in [-0.2, 0) is 4.57 Å². The number of nitrogens with zero attached hydrogens (tertiary/aromatic N) is 1. The van der Waals surface area contributed by atoms with Crippen molar-refractivity contribution in [1.29, 1.82) is 0 Å². The van der Waals surface area contributed by atoms with Gasteiger partial charge in [-0.2, -0.15) is 0 Å².